The lowest BCUT2D eigenvalue weighted by Crippen LogP contribution is -1.77. The van der Waals surface area contributed by atoms with Gasteiger partial charge >= 0.3 is 0 Å². The Morgan fingerprint density at radius 2 is 2.25 bits per heavy atom. The van der Waals surface area contributed by atoms with Crippen molar-refractivity contribution in [1.82, 2.24) is 0 Å². The van der Waals surface area contributed by atoms with Gasteiger partial charge in [0, 0.05) is 25.9 Å². The first-order valence-electron chi connectivity index (χ1n) is 2.37. The standard InChI is InChI=1S/C5H10N2O/c1-6-4-3-5-7-8-2/h4-5H,3H2,1-2H3/b6-4+,7-5-. The zero-order chi connectivity index (χ0) is 6.24. The largest absolute Gasteiger partial charge is 0.399 e. The van der Waals surface area contributed by atoms with Gasteiger partial charge in [0.15, 0.2) is 0 Å². The van der Waals surface area contributed by atoms with Crippen molar-refractivity contribution in [1.29, 1.82) is 0 Å². The zero-order valence-electron chi connectivity index (χ0n) is 5.16. The van der Waals surface area contributed by atoms with Gasteiger partial charge in [-0.05, 0) is 0 Å². The molecule has 0 fully saturated rings. The van der Waals surface area contributed by atoms with Crippen molar-refractivity contribution in [3.63, 3.8) is 0 Å². The lowest BCUT2D eigenvalue weighted by molar-refractivity contribution is 0.215. The third kappa shape index (κ3) is 5.14. The van der Waals surface area contributed by atoms with E-state index in [-0.39, 0.29) is 0 Å². The van der Waals surface area contributed by atoms with Crippen molar-refractivity contribution in [3.8, 4) is 0 Å². The quantitative estimate of drug-likeness (QED) is 0.393. The lowest BCUT2D eigenvalue weighted by Gasteiger charge is -1.80. The summed E-state index contributed by atoms with van der Waals surface area (Å²) < 4.78 is 0. The molecule has 3 nitrogen and oxygen atoms in total. The molecule has 0 aromatic carbocycles. The summed E-state index contributed by atoms with van der Waals surface area (Å²) in [5.41, 5.74) is 0. The first-order chi connectivity index (χ1) is 3.91. The average molecular weight is 114 g/mol. The number of rotatable bonds is 3. The monoisotopic (exact) mass is 114 g/mol. The third-order valence-corrected chi connectivity index (χ3v) is 0.573. The summed E-state index contributed by atoms with van der Waals surface area (Å²) in [7, 11) is 3.24. The second kappa shape index (κ2) is 6.14. The minimum absolute atomic E-state index is 0.740. The van der Waals surface area contributed by atoms with Crippen molar-refractivity contribution in [2.45, 2.75) is 6.42 Å². The normalized spacial score (nSPS) is 11.2. The Kier molecular flexibility index (Phi) is 5.48. The molecule has 0 atom stereocenters. The molecule has 0 N–H and O–H groups in total. The van der Waals surface area contributed by atoms with Crippen molar-refractivity contribution in [2.75, 3.05) is 14.2 Å². The Labute approximate surface area is 49.1 Å². The maximum atomic E-state index is 4.40. The van der Waals surface area contributed by atoms with Crippen LogP contribution in [0.4, 0.5) is 0 Å². The molecule has 3 heteroatoms. The highest BCUT2D eigenvalue weighted by Crippen LogP contribution is 1.68. The van der Waals surface area contributed by atoms with Crippen LogP contribution in [-0.2, 0) is 4.84 Å². The summed E-state index contributed by atoms with van der Waals surface area (Å²) in [6, 6.07) is 0. The van der Waals surface area contributed by atoms with E-state index in [1.165, 1.54) is 7.11 Å². The Hall–Kier alpha value is -0.860. The van der Waals surface area contributed by atoms with Gasteiger partial charge in [-0.15, -0.1) is 0 Å². The van der Waals surface area contributed by atoms with Gasteiger partial charge < -0.3 is 9.83 Å². The predicted octanol–water partition coefficient (Wildman–Crippen LogP) is 0.709. The Balaban J connectivity index is 3.03. The molecule has 0 saturated heterocycles. The number of hydrogen-bond donors (Lipinski definition) is 0. The van der Waals surface area contributed by atoms with Crippen LogP contribution in [0.3, 0.4) is 0 Å². The highest BCUT2D eigenvalue weighted by Gasteiger charge is 1.67. The SMILES string of the molecule is C/N=C/C/C=N\OC. The van der Waals surface area contributed by atoms with E-state index < -0.39 is 0 Å². The van der Waals surface area contributed by atoms with Crippen LogP contribution in [0.15, 0.2) is 10.1 Å². The lowest BCUT2D eigenvalue weighted by atomic mass is 10.5. The van der Waals surface area contributed by atoms with Gasteiger partial charge in [-0.25, -0.2) is 0 Å². The van der Waals surface area contributed by atoms with Crippen molar-refractivity contribution in [3.05, 3.63) is 0 Å². The van der Waals surface area contributed by atoms with Crippen LogP contribution >= 0.6 is 0 Å². The van der Waals surface area contributed by atoms with Crippen molar-refractivity contribution < 1.29 is 4.84 Å². The fourth-order valence-electron chi connectivity index (χ4n) is 0.270. The Bertz CT molecular complexity index is 88.4. The van der Waals surface area contributed by atoms with Crippen LogP contribution in [-0.4, -0.2) is 26.6 Å². The summed E-state index contributed by atoms with van der Waals surface area (Å²) in [4.78, 5) is 8.13. The summed E-state index contributed by atoms with van der Waals surface area (Å²) in [5, 5.41) is 3.49. The van der Waals surface area contributed by atoms with Crippen LogP contribution in [0.2, 0.25) is 0 Å². The fraction of sp³-hybridized carbons (Fsp3) is 0.600. The number of nitrogens with zero attached hydrogens (tertiary/aromatic N) is 2. The summed E-state index contributed by atoms with van der Waals surface area (Å²) in [6.07, 6.45) is 4.14. The molecule has 0 aromatic rings. The van der Waals surface area contributed by atoms with E-state index in [9.17, 15) is 0 Å². The van der Waals surface area contributed by atoms with Crippen LogP contribution in [0.5, 0.6) is 0 Å². The zero-order valence-corrected chi connectivity index (χ0v) is 5.16. The maximum absolute atomic E-state index is 4.40. The molecule has 0 bridgehead atoms. The third-order valence-electron chi connectivity index (χ3n) is 0.573. The number of hydrogen-bond acceptors (Lipinski definition) is 3. The molecular weight excluding hydrogens is 104 g/mol. The smallest absolute Gasteiger partial charge is 0.106 e. The van der Waals surface area contributed by atoms with E-state index in [1.807, 2.05) is 0 Å². The molecule has 0 aromatic heterocycles. The van der Waals surface area contributed by atoms with E-state index in [1.54, 1.807) is 19.5 Å². The van der Waals surface area contributed by atoms with E-state index in [4.69, 9.17) is 0 Å². The molecule has 0 rings (SSSR count). The van der Waals surface area contributed by atoms with Gasteiger partial charge in [-0.2, -0.15) is 0 Å². The predicted molar refractivity (Wildman–Crippen MR) is 34.5 cm³/mol. The van der Waals surface area contributed by atoms with Crippen LogP contribution in [0.1, 0.15) is 6.42 Å². The Morgan fingerprint density at radius 1 is 1.50 bits per heavy atom. The van der Waals surface area contributed by atoms with E-state index in [0.717, 1.165) is 6.42 Å². The highest BCUT2D eigenvalue weighted by molar-refractivity contribution is 5.78. The van der Waals surface area contributed by atoms with E-state index in [0.29, 0.717) is 0 Å². The van der Waals surface area contributed by atoms with Crippen LogP contribution < -0.4 is 0 Å². The minimum Gasteiger partial charge on any atom is -0.399 e. The molecule has 0 aliphatic heterocycles. The van der Waals surface area contributed by atoms with Crippen LogP contribution in [0.25, 0.3) is 0 Å². The molecule has 8 heavy (non-hydrogen) atoms. The molecule has 0 heterocycles. The molecule has 0 aliphatic rings. The van der Waals surface area contributed by atoms with Gasteiger partial charge in [-0.3, -0.25) is 0 Å². The van der Waals surface area contributed by atoms with Gasteiger partial charge in [0.25, 0.3) is 0 Å². The summed E-state index contributed by atoms with van der Waals surface area (Å²) in [5.74, 6) is 0. The van der Waals surface area contributed by atoms with Gasteiger partial charge in [-0.1, -0.05) is 5.16 Å². The van der Waals surface area contributed by atoms with E-state index in [2.05, 4.69) is 15.0 Å². The van der Waals surface area contributed by atoms with Crippen molar-refractivity contribution in [2.24, 2.45) is 10.1 Å². The second-order valence-electron chi connectivity index (χ2n) is 1.15. The first kappa shape index (κ1) is 7.14. The number of aliphatic imine (C=N–C) groups is 1. The van der Waals surface area contributed by atoms with E-state index >= 15 is 0 Å². The minimum atomic E-state index is 0.740. The van der Waals surface area contributed by atoms with Gasteiger partial charge in [0.2, 0.25) is 0 Å². The molecule has 0 saturated carbocycles. The fourth-order valence-corrected chi connectivity index (χ4v) is 0.270. The highest BCUT2D eigenvalue weighted by atomic mass is 16.6. The molecule has 0 amide bonds. The average Bonchev–Trinajstić information content (AvgIpc) is 1.81. The van der Waals surface area contributed by atoms with Crippen molar-refractivity contribution >= 4 is 12.4 Å². The number of oxime groups is 1. The molecule has 0 radical (unpaired) electrons. The molecule has 0 spiro atoms. The summed E-state index contributed by atoms with van der Waals surface area (Å²) in [6.45, 7) is 0. The topological polar surface area (TPSA) is 34.0 Å². The van der Waals surface area contributed by atoms with Crippen LogP contribution in [0, 0.1) is 0 Å². The molecular formula is C5H10N2O. The first-order valence-corrected chi connectivity index (χ1v) is 2.37. The molecule has 0 unspecified atom stereocenters. The van der Waals surface area contributed by atoms with Gasteiger partial charge in [0.1, 0.15) is 7.11 Å². The second-order valence-corrected chi connectivity index (χ2v) is 1.15. The molecule has 0 aliphatic carbocycles. The summed E-state index contributed by atoms with van der Waals surface area (Å²) >= 11 is 0. The maximum Gasteiger partial charge on any atom is 0.106 e. The Morgan fingerprint density at radius 3 is 2.75 bits per heavy atom. The van der Waals surface area contributed by atoms with Gasteiger partial charge in [0.05, 0.1) is 0 Å². The molecule has 46 valence electrons.